The Morgan fingerprint density at radius 3 is 2.65 bits per heavy atom. The lowest BCUT2D eigenvalue weighted by molar-refractivity contribution is 0.101. The van der Waals surface area contributed by atoms with Crippen LogP contribution in [-0.4, -0.2) is 27.2 Å². The first-order valence-electron chi connectivity index (χ1n) is 7.69. The van der Waals surface area contributed by atoms with Crippen LogP contribution >= 0.6 is 0 Å². The topological polar surface area (TPSA) is 88.1 Å². The predicted octanol–water partition coefficient (Wildman–Crippen LogP) is 2.68. The second-order valence-corrected chi connectivity index (χ2v) is 7.48. The van der Waals surface area contributed by atoms with Crippen LogP contribution in [0.2, 0.25) is 0 Å². The summed E-state index contributed by atoms with van der Waals surface area (Å²) in [5.41, 5.74) is 1.52. The van der Waals surface area contributed by atoms with E-state index in [1.807, 2.05) is 0 Å². The molecule has 26 heavy (non-hydrogen) atoms. The van der Waals surface area contributed by atoms with Gasteiger partial charge >= 0.3 is 10.1 Å². The molecule has 0 amide bonds. The van der Waals surface area contributed by atoms with E-state index in [0.717, 1.165) is 11.8 Å². The molecule has 0 unspecified atom stereocenters. The molecule has 0 saturated heterocycles. The molecular weight excluding hydrogens is 360 g/mol. The molecule has 4 rings (SSSR count). The van der Waals surface area contributed by atoms with Crippen molar-refractivity contribution in [3.8, 4) is 23.0 Å². The van der Waals surface area contributed by atoms with Crippen molar-refractivity contribution >= 4 is 22.0 Å². The monoisotopic (exact) mass is 374 g/mol. The zero-order valence-electron chi connectivity index (χ0n) is 13.9. The summed E-state index contributed by atoms with van der Waals surface area (Å²) in [6.45, 7) is 1.80. The maximum absolute atomic E-state index is 12.6. The fraction of sp³-hybridized carbons (Fsp3) is 0.167. The Morgan fingerprint density at radius 1 is 1.12 bits per heavy atom. The maximum Gasteiger partial charge on any atom is 0.306 e. The molecule has 0 atom stereocenters. The third kappa shape index (κ3) is 2.88. The Bertz CT molecular complexity index is 1070. The summed E-state index contributed by atoms with van der Waals surface area (Å²) in [6, 6.07) is 8.22. The highest BCUT2D eigenvalue weighted by atomic mass is 32.2. The number of ether oxygens (including phenoxy) is 3. The predicted molar refractivity (Wildman–Crippen MR) is 92.2 cm³/mol. The third-order valence-electron chi connectivity index (χ3n) is 3.97. The van der Waals surface area contributed by atoms with Gasteiger partial charge in [-0.15, -0.1) is 0 Å². The molecule has 134 valence electrons. The van der Waals surface area contributed by atoms with Gasteiger partial charge in [0.15, 0.2) is 17.3 Å². The first kappa shape index (κ1) is 16.5. The standard InChI is InChI=1S/C18H14O7S/c1-10-13(25-26(2,20)21)6-4-12-17(19)16(24-18(10)12)8-11-3-5-14-15(7-11)23-9-22-14/h3-8H,9H2,1-2H3/b16-8+. The largest absolute Gasteiger partial charge is 0.454 e. The van der Waals surface area contributed by atoms with E-state index in [1.54, 1.807) is 31.2 Å². The molecule has 2 aliphatic heterocycles. The lowest BCUT2D eigenvalue weighted by atomic mass is 10.1. The smallest absolute Gasteiger partial charge is 0.306 e. The number of allylic oxidation sites excluding steroid dienone is 1. The first-order valence-corrected chi connectivity index (χ1v) is 9.50. The van der Waals surface area contributed by atoms with E-state index in [-0.39, 0.29) is 24.1 Å². The molecule has 2 aromatic carbocycles. The van der Waals surface area contributed by atoms with Crippen LogP contribution < -0.4 is 18.4 Å². The van der Waals surface area contributed by atoms with Gasteiger partial charge in [0.2, 0.25) is 12.6 Å². The Kier molecular flexibility index (Phi) is 3.66. The number of Topliss-reactive ketones (excluding diaryl/α,β-unsaturated/α-hetero) is 1. The number of ketones is 1. The van der Waals surface area contributed by atoms with Gasteiger partial charge in [-0.3, -0.25) is 4.79 Å². The van der Waals surface area contributed by atoms with Crippen molar-refractivity contribution < 1.29 is 31.6 Å². The van der Waals surface area contributed by atoms with Crippen molar-refractivity contribution in [2.24, 2.45) is 0 Å². The Balaban J connectivity index is 1.68. The second-order valence-electron chi connectivity index (χ2n) is 5.91. The molecule has 0 aliphatic carbocycles. The number of hydrogen-bond acceptors (Lipinski definition) is 7. The van der Waals surface area contributed by atoms with Gasteiger partial charge in [-0.2, -0.15) is 8.42 Å². The van der Waals surface area contributed by atoms with Crippen molar-refractivity contribution in [2.45, 2.75) is 6.92 Å². The van der Waals surface area contributed by atoms with Crippen LogP contribution in [0, 0.1) is 6.92 Å². The van der Waals surface area contributed by atoms with E-state index in [1.165, 1.54) is 12.1 Å². The summed E-state index contributed by atoms with van der Waals surface area (Å²) in [5, 5.41) is 0. The van der Waals surface area contributed by atoms with Gasteiger partial charge < -0.3 is 18.4 Å². The summed E-state index contributed by atoms with van der Waals surface area (Å²) in [5.74, 6) is 1.52. The number of hydrogen-bond donors (Lipinski definition) is 0. The molecule has 0 saturated carbocycles. The van der Waals surface area contributed by atoms with Crippen LogP contribution in [0.4, 0.5) is 0 Å². The second kappa shape index (κ2) is 5.77. The van der Waals surface area contributed by atoms with Gasteiger partial charge in [0.25, 0.3) is 0 Å². The molecule has 0 aromatic heterocycles. The molecule has 2 aromatic rings. The highest BCUT2D eigenvalue weighted by Crippen LogP contribution is 2.40. The molecule has 0 bridgehead atoms. The van der Waals surface area contributed by atoms with Crippen LogP contribution in [0.5, 0.6) is 23.0 Å². The van der Waals surface area contributed by atoms with E-state index < -0.39 is 10.1 Å². The average Bonchev–Trinajstić information content (AvgIpc) is 3.15. The van der Waals surface area contributed by atoms with Crippen LogP contribution in [0.25, 0.3) is 6.08 Å². The summed E-state index contributed by atoms with van der Waals surface area (Å²) >= 11 is 0. The maximum atomic E-state index is 12.6. The van der Waals surface area contributed by atoms with Crippen LogP contribution in [0.1, 0.15) is 21.5 Å². The fourth-order valence-corrected chi connectivity index (χ4v) is 3.28. The van der Waals surface area contributed by atoms with Crippen molar-refractivity contribution in [3.05, 3.63) is 52.8 Å². The van der Waals surface area contributed by atoms with E-state index in [0.29, 0.717) is 28.4 Å². The average molecular weight is 374 g/mol. The van der Waals surface area contributed by atoms with Crippen LogP contribution in [-0.2, 0) is 10.1 Å². The zero-order chi connectivity index (χ0) is 18.5. The summed E-state index contributed by atoms with van der Waals surface area (Å²) in [6.07, 6.45) is 2.55. The molecule has 8 heteroatoms. The number of carbonyl (C=O) groups excluding carboxylic acids is 1. The number of fused-ring (bicyclic) bond motifs is 2. The SMILES string of the molecule is Cc1c(OS(C)(=O)=O)ccc2c1O/C(=C/c1ccc3c(c1)OCO3)C2=O. The highest BCUT2D eigenvalue weighted by molar-refractivity contribution is 7.86. The molecule has 2 aliphatic rings. The van der Waals surface area contributed by atoms with Gasteiger partial charge in [0.1, 0.15) is 11.5 Å². The van der Waals surface area contributed by atoms with E-state index in [4.69, 9.17) is 18.4 Å². The van der Waals surface area contributed by atoms with Crippen LogP contribution in [0.3, 0.4) is 0 Å². The van der Waals surface area contributed by atoms with Crippen molar-refractivity contribution in [1.29, 1.82) is 0 Å². The normalized spacial score (nSPS) is 16.5. The number of rotatable bonds is 3. The number of benzene rings is 2. The molecule has 0 radical (unpaired) electrons. The minimum absolute atomic E-state index is 0.128. The molecule has 0 fully saturated rings. The van der Waals surface area contributed by atoms with E-state index in [2.05, 4.69) is 0 Å². The molecular formula is C18H14O7S. The fourth-order valence-electron chi connectivity index (χ4n) is 2.78. The van der Waals surface area contributed by atoms with Gasteiger partial charge in [0, 0.05) is 5.56 Å². The first-order chi connectivity index (χ1) is 12.3. The minimum atomic E-state index is -3.68. The molecule has 2 heterocycles. The Hall–Kier alpha value is -3.00. The Morgan fingerprint density at radius 2 is 1.88 bits per heavy atom. The van der Waals surface area contributed by atoms with Gasteiger partial charge in [-0.05, 0) is 42.8 Å². The van der Waals surface area contributed by atoms with Gasteiger partial charge in [-0.1, -0.05) is 6.07 Å². The van der Waals surface area contributed by atoms with Gasteiger partial charge in [-0.25, -0.2) is 0 Å². The van der Waals surface area contributed by atoms with Crippen molar-refractivity contribution in [3.63, 3.8) is 0 Å². The van der Waals surface area contributed by atoms with Crippen molar-refractivity contribution in [2.75, 3.05) is 13.0 Å². The van der Waals surface area contributed by atoms with Crippen LogP contribution in [0.15, 0.2) is 36.1 Å². The van der Waals surface area contributed by atoms with Gasteiger partial charge in [0.05, 0.1) is 11.8 Å². The quantitative estimate of drug-likeness (QED) is 0.603. The number of carbonyl (C=O) groups is 1. The minimum Gasteiger partial charge on any atom is -0.454 e. The molecule has 0 spiro atoms. The summed E-state index contributed by atoms with van der Waals surface area (Å²) < 4.78 is 43.9. The lowest BCUT2D eigenvalue weighted by Crippen LogP contribution is -2.07. The summed E-state index contributed by atoms with van der Waals surface area (Å²) in [4.78, 5) is 12.6. The Labute approximate surface area is 149 Å². The third-order valence-corrected chi connectivity index (χ3v) is 4.45. The molecule has 7 nitrogen and oxygen atoms in total. The van der Waals surface area contributed by atoms with E-state index >= 15 is 0 Å². The highest BCUT2D eigenvalue weighted by Gasteiger charge is 2.30. The summed E-state index contributed by atoms with van der Waals surface area (Å²) in [7, 11) is -3.68. The lowest BCUT2D eigenvalue weighted by Gasteiger charge is -2.09. The van der Waals surface area contributed by atoms with E-state index in [9.17, 15) is 13.2 Å². The molecule has 0 N–H and O–H groups in total. The zero-order valence-corrected chi connectivity index (χ0v) is 14.8. The van der Waals surface area contributed by atoms with Crippen molar-refractivity contribution in [1.82, 2.24) is 0 Å².